The Morgan fingerprint density at radius 3 is 2.38 bits per heavy atom. The minimum absolute atomic E-state index is 0.0391. The van der Waals surface area contributed by atoms with Crippen molar-refractivity contribution >= 4 is 11.3 Å². The Kier molecular flexibility index (Phi) is 4.65. The molecule has 0 bridgehead atoms. The van der Waals surface area contributed by atoms with Crippen molar-refractivity contribution in [1.29, 1.82) is 0 Å². The molecule has 29 heavy (non-hydrogen) atoms. The van der Waals surface area contributed by atoms with Crippen molar-refractivity contribution in [3.05, 3.63) is 31.4 Å². The van der Waals surface area contributed by atoms with E-state index in [1.54, 1.807) is 6.92 Å². The van der Waals surface area contributed by atoms with Crippen LogP contribution in [0.5, 0.6) is 0 Å². The number of halogens is 4. The zero-order chi connectivity index (χ0) is 21.2. The third-order valence-corrected chi connectivity index (χ3v) is 6.32. The van der Waals surface area contributed by atoms with Crippen molar-refractivity contribution in [1.82, 2.24) is 14.5 Å². The molecule has 4 rings (SSSR count). The van der Waals surface area contributed by atoms with Gasteiger partial charge in [-0.2, -0.15) is 13.2 Å². The smallest absolute Gasteiger partial charge is 0.393 e. The van der Waals surface area contributed by atoms with Crippen LogP contribution in [0.15, 0.2) is 9.59 Å². The molecule has 2 aliphatic carbocycles. The van der Waals surface area contributed by atoms with Gasteiger partial charge in [0.05, 0.1) is 28.2 Å². The van der Waals surface area contributed by atoms with Crippen molar-refractivity contribution in [3.8, 4) is 0 Å². The Bertz CT molecular complexity index is 1070. The van der Waals surface area contributed by atoms with Gasteiger partial charge < -0.3 is 11.5 Å². The zero-order valence-corrected chi connectivity index (χ0v) is 15.8. The fourth-order valence-corrected chi connectivity index (χ4v) is 4.75. The summed E-state index contributed by atoms with van der Waals surface area (Å²) < 4.78 is 57.0. The maximum absolute atomic E-state index is 15.3. The van der Waals surface area contributed by atoms with Crippen LogP contribution in [-0.2, 0) is 0 Å². The van der Waals surface area contributed by atoms with Crippen molar-refractivity contribution < 1.29 is 17.6 Å². The molecule has 0 amide bonds. The maximum Gasteiger partial charge on any atom is 0.393 e. The predicted molar refractivity (Wildman–Crippen MR) is 97.9 cm³/mol. The normalized spacial score (nSPS) is 30.7. The van der Waals surface area contributed by atoms with E-state index in [9.17, 15) is 22.8 Å². The van der Waals surface area contributed by atoms with Gasteiger partial charge in [-0.3, -0.25) is 19.2 Å². The third kappa shape index (κ3) is 3.10. The Balaban J connectivity index is 1.89. The van der Waals surface area contributed by atoms with Crippen LogP contribution in [0.1, 0.15) is 25.8 Å². The summed E-state index contributed by atoms with van der Waals surface area (Å²) >= 11 is 0. The van der Waals surface area contributed by atoms with Crippen LogP contribution in [0, 0.1) is 11.8 Å². The quantitative estimate of drug-likeness (QED) is 0.541. The molecule has 160 valence electrons. The Hall–Kier alpha value is -2.14. The van der Waals surface area contributed by atoms with E-state index in [2.05, 4.69) is 4.98 Å². The third-order valence-electron chi connectivity index (χ3n) is 6.32. The minimum atomic E-state index is -4.45. The van der Waals surface area contributed by atoms with E-state index in [4.69, 9.17) is 11.5 Å². The Morgan fingerprint density at radius 2 is 1.86 bits per heavy atom. The first-order valence-electron chi connectivity index (χ1n) is 9.56. The molecular weight excluding hydrogens is 394 g/mol. The number of fused-ring (bicyclic) bond motifs is 1. The number of rotatable bonds is 3. The summed E-state index contributed by atoms with van der Waals surface area (Å²) in [5.74, 6) is -2.53. The van der Waals surface area contributed by atoms with Crippen LogP contribution in [0.4, 0.5) is 17.6 Å². The van der Waals surface area contributed by atoms with Gasteiger partial charge in [0.25, 0.3) is 5.56 Å². The van der Waals surface area contributed by atoms with Gasteiger partial charge in [-0.1, -0.05) is 0 Å². The van der Waals surface area contributed by atoms with Crippen LogP contribution in [0.25, 0.3) is 11.3 Å². The molecule has 7 nitrogen and oxygen atoms in total. The highest BCUT2D eigenvalue weighted by atomic mass is 19.4. The first-order chi connectivity index (χ1) is 13.6. The lowest BCUT2D eigenvalue weighted by Crippen LogP contribution is -2.62. The number of aromatic nitrogens is 2. The molecule has 3 aliphatic rings. The lowest BCUT2D eigenvalue weighted by atomic mass is 9.93. The van der Waals surface area contributed by atoms with Crippen LogP contribution >= 0.6 is 0 Å². The molecule has 1 saturated carbocycles. The highest BCUT2D eigenvalue weighted by Gasteiger charge is 2.52. The number of nitrogens with one attached hydrogen (secondary N) is 1. The van der Waals surface area contributed by atoms with Crippen LogP contribution in [0.2, 0.25) is 0 Å². The highest BCUT2D eigenvalue weighted by Crippen LogP contribution is 2.40. The molecule has 2 heterocycles. The van der Waals surface area contributed by atoms with E-state index < -0.39 is 48.0 Å². The number of hydrogen-bond donors (Lipinski definition) is 3. The second-order valence-corrected chi connectivity index (χ2v) is 8.17. The highest BCUT2D eigenvalue weighted by molar-refractivity contribution is 5.62. The van der Waals surface area contributed by atoms with Gasteiger partial charge in [-0.25, -0.2) is 9.18 Å². The predicted octanol–water partition coefficient (Wildman–Crippen LogP) is -1.10. The van der Waals surface area contributed by atoms with Gasteiger partial charge in [0.1, 0.15) is 0 Å². The summed E-state index contributed by atoms with van der Waals surface area (Å²) in [6, 6.07) is -1.22. The van der Waals surface area contributed by atoms with E-state index in [1.807, 2.05) is 0 Å². The standard InChI is InChI=1S/C18H23F4N5O2/c1-7-14-11(16(28)25-17(29)27(14)9-2-3-9)13(24)12(19)15(7)26-5-8(4-23)10(6-26)18(20,21)22/h8-10,12,15H,2-6,23-24H2,1H3,(H,25,28,29). The van der Waals surface area contributed by atoms with Gasteiger partial charge in [-0.05, 0) is 37.8 Å². The number of nitrogens with zero attached hydrogens (tertiary/aromatic N) is 2. The van der Waals surface area contributed by atoms with Gasteiger partial charge in [0.2, 0.25) is 0 Å². The average Bonchev–Trinajstić information content (AvgIpc) is 3.36. The minimum Gasteiger partial charge on any atom is -0.399 e. The lowest BCUT2D eigenvalue weighted by molar-refractivity contribution is -0.179. The van der Waals surface area contributed by atoms with Crippen molar-refractivity contribution in [2.45, 2.75) is 44.2 Å². The lowest BCUT2D eigenvalue weighted by Gasteiger charge is -2.34. The second-order valence-electron chi connectivity index (χ2n) is 8.17. The molecule has 1 aromatic heterocycles. The fourth-order valence-electron chi connectivity index (χ4n) is 4.75. The zero-order valence-electron chi connectivity index (χ0n) is 15.8. The molecule has 5 N–H and O–H groups in total. The molecule has 4 atom stereocenters. The molecule has 11 heteroatoms. The SMILES string of the molecule is CC1=c2c(c(=O)[nH]c(=O)n2C2CC2)=C(N)C(F)C1N1CC(CN)C(C(F)(F)F)C1. The summed E-state index contributed by atoms with van der Waals surface area (Å²) in [7, 11) is 0. The summed E-state index contributed by atoms with van der Waals surface area (Å²) in [6.07, 6.45) is -4.86. The van der Waals surface area contributed by atoms with Crippen LogP contribution in [0.3, 0.4) is 0 Å². The number of hydrogen-bond acceptors (Lipinski definition) is 5. The Labute approximate surface area is 162 Å². The first kappa shape index (κ1) is 20.1. The van der Waals surface area contributed by atoms with Crippen LogP contribution < -0.4 is 33.3 Å². The molecule has 4 unspecified atom stereocenters. The van der Waals surface area contributed by atoms with Crippen molar-refractivity contribution in [3.63, 3.8) is 0 Å². The molecular formula is C18H23F4N5O2. The number of aromatic amines is 1. The molecule has 0 spiro atoms. The Morgan fingerprint density at radius 1 is 1.21 bits per heavy atom. The molecule has 0 radical (unpaired) electrons. The van der Waals surface area contributed by atoms with Gasteiger partial charge in [0.15, 0.2) is 6.17 Å². The van der Waals surface area contributed by atoms with E-state index in [0.29, 0.717) is 5.57 Å². The largest absolute Gasteiger partial charge is 0.399 e. The second kappa shape index (κ2) is 6.69. The summed E-state index contributed by atoms with van der Waals surface area (Å²) in [5.41, 5.74) is 10.1. The monoisotopic (exact) mass is 417 g/mol. The molecule has 2 fully saturated rings. The van der Waals surface area contributed by atoms with E-state index >= 15 is 4.39 Å². The first-order valence-corrected chi connectivity index (χ1v) is 9.56. The maximum atomic E-state index is 15.3. The summed E-state index contributed by atoms with van der Waals surface area (Å²) in [6.45, 7) is 0.931. The van der Waals surface area contributed by atoms with Crippen LogP contribution in [-0.4, -0.2) is 52.5 Å². The van der Waals surface area contributed by atoms with Gasteiger partial charge in [0, 0.05) is 19.1 Å². The summed E-state index contributed by atoms with van der Waals surface area (Å²) in [4.78, 5) is 28.3. The molecule has 0 aromatic carbocycles. The number of nitrogens with two attached hydrogens (primary N) is 2. The summed E-state index contributed by atoms with van der Waals surface area (Å²) in [5, 5.41) is 0.136. The topological polar surface area (TPSA) is 110 Å². The number of alkyl halides is 4. The van der Waals surface area contributed by atoms with Crippen molar-refractivity contribution in [2.24, 2.45) is 23.3 Å². The molecule has 1 aliphatic heterocycles. The molecule has 1 aromatic rings. The van der Waals surface area contributed by atoms with Gasteiger partial charge >= 0.3 is 11.9 Å². The van der Waals surface area contributed by atoms with Gasteiger partial charge in [-0.15, -0.1) is 0 Å². The number of H-pyrrole nitrogens is 1. The van der Waals surface area contributed by atoms with E-state index in [0.717, 1.165) is 12.8 Å². The average molecular weight is 417 g/mol. The van der Waals surface area contributed by atoms with Crippen molar-refractivity contribution in [2.75, 3.05) is 19.6 Å². The fraction of sp³-hybridized carbons (Fsp3) is 0.667. The number of likely N-dealkylation sites (tertiary alicyclic amines) is 1. The molecule has 1 saturated heterocycles. The van der Waals surface area contributed by atoms with E-state index in [1.165, 1.54) is 9.47 Å². The van der Waals surface area contributed by atoms with E-state index in [-0.39, 0.29) is 35.4 Å².